The molecule has 0 aliphatic carbocycles. The van der Waals surface area contributed by atoms with Crippen LogP contribution in [0.5, 0.6) is 0 Å². The van der Waals surface area contributed by atoms with E-state index in [2.05, 4.69) is 36.6 Å². The molecule has 0 saturated heterocycles. The van der Waals surface area contributed by atoms with Gasteiger partial charge in [-0.25, -0.2) is 0 Å². The first-order valence-corrected chi connectivity index (χ1v) is 9.06. The summed E-state index contributed by atoms with van der Waals surface area (Å²) in [6.45, 7) is 12.9. The van der Waals surface area contributed by atoms with E-state index in [-0.39, 0.29) is 36.0 Å². The number of aliphatic imine (C=N–C) groups is 1. The van der Waals surface area contributed by atoms with Crippen molar-refractivity contribution in [2.24, 2.45) is 10.4 Å². The van der Waals surface area contributed by atoms with E-state index in [0.717, 1.165) is 68.3 Å². The fraction of sp³-hybridized carbons (Fsp3) is 0.778. The van der Waals surface area contributed by atoms with Gasteiger partial charge in [0.1, 0.15) is 5.76 Å². The molecule has 7 heteroatoms. The van der Waals surface area contributed by atoms with Gasteiger partial charge in [-0.15, -0.1) is 24.0 Å². The van der Waals surface area contributed by atoms with Crippen LogP contribution < -0.4 is 10.6 Å². The molecule has 0 bridgehead atoms. The largest absolute Gasteiger partial charge is 0.396 e. The Hall–Kier alpha value is -0.830. The third-order valence-corrected chi connectivity index (χ3v) is 4.91. The van der Waals surface area contributed by atoms with Crippen molar-refractivity contribution in [2.75, 3.05) is 26.2 Å². The minimum Gasteiger partial charge on any atom is -0.396 e. The number of aliphatic hydroxyl groups excluding tert-OH is 1. The average molecular weight is 466 g/mol. The van der Waals surface area contributed by atoms with Crippen molar-refractivity contribution in [2.45, 2.75) is 60.3 Å². The normalized spacial score (nSPS) is 12.0. The zero-order chi connectivity index (χ0) is 18.0. The number of halogens is 1. The second kappa shape index (κ2) is 12.5. The zero-order valence-electron chi connectivity index (χ0n) is 16.3. The lowest BCUT2D eigenvalue weighted by Crippen LogP contribution is -2.39. The fourth-order valence-electron chi connectivity index (χ4n) is 2.90. The minimum absolute atomic E-state index is 0. The maximum Gasteiger partial charge on any atom is 0.191 e. The summed E-state index contributed by atoms with van der Waals surface area (Å²) in [4.78, 5) is 4.75. The Morgan fingerprint density at radius 2 is 1.88 bits per heavy atom. The van der Waals surface area contributed by atoms with Gasteiger partial charge >= 0.3 is 0 Å². The van der Waals surface area contributed by atoms with Gasteiger partial charge in [-0.2, -0.15) is 0 Å². The molecular weight excluding hydrogens is 431 g/mol. The van der Waals surface area contributed by atoms with Gasteiger partial charge in [0.2, 0.25) is 0 Å². The third kappa shape index (κ3) is 7.52. The Bertz CT molecular complexity index is 494. The number of aromatic nitrogens is 1. The molecule has 0 aliphatic rings. The number of aliphatic hydroxyl groups is 1. The van der Waals surface area contributed by atoms with Gasteiger partial charge < -0.3 is 20.3 Å². The Morgan fingerprint density at radius 1 is 1.20 bits per heavy atom. The first kappa shape index (κ1) is 24.2. The molecule has 6 nitrogen and oxygen atoms in total. The van der Waals surface area contributed by atoms with Crippen molar-refractivity contribution in [1.29, 1.82) is 0 Å². The standard InChI is InChI=1S/C18H34N4O2.HI/c1-6-18(7-2,10-12-23)13-21-17(19-8-3)20-11-9-16-14(4)22-24-15(16)5;/h23H,6-13H2,1-5H3,(H2,19,20,21);1H. The maximum absolute atomic E-state index is 9.34. The first-order chi connectivity index (χ1) is 11.5. The molecule has 0 unspecified atom stereocenters. The predicted molar refractivity (Wildman–Crippen MR) is 114 cm³/mol. The number of nitrogens with zero attached hydrogens (tertiary/aromatic N) is 2. The molecule has 146 valence electrons. The van der Waals surface area contributed by atoms with Crippen molar-refractivity contribution < 1.29 is 9.63 Å². The Balaban J connectivity index is 0.00000576. The van der Waals surface area contributed by atoms with Gasteiger partial charge in [0.05, 0.1) is 5.69 Å². The van der Waals surface area contributed by atoms with Crippen LogP contribution in [-0.4, -0.2) is 42.5 Å². The van der Waals surface area contributed by atoms with E-state index in [1.54, 1.807) is 0 Å². The number of hydrogen-bond donors (Lipinski definition) is 3. The Labute approximate surface area is 169 Å². The summed E-state index contributed by atoms with van der Waals surface area (Å²) in [5, 5.41) is 20.0. The predicted octanol–water partition coefficient (Wildman–Crippen LogP) is 3.20. The van der Waals surface area contributed by atoms with Gasteiger partial charge in [-0.1, -0.05) is 19.0 Å². The van der Waals surface area contributed by atoms with Crippen molar-refractivity contribution in [3.8, 4) is 0 Å². The molecule has 0 radical (unpaired) electrons. The van der Waals surface area contributed by atoms with E-state index in [4.69, 9.17) is 9.52 Å². The molecule has 1 aromatic rings. The van der Waals surface area contributed by atoms with Crippen molar-refractivity contribution in [3.63, 3.8) is 0 Å². The highest BCUT2D eigenvalue weighted by molar-refractivity contribution is 14.0. The maximum atomic E-state index is 9.34. The van der Waals surface area contributed by atoms with E-state index < -0.39 is 0 Å². The topological polar surface area (TPSA) is 82.7 Å². The van der Waals surface area contributed by atoms with Crippen LogP contribution in [0.4, 0.5) is 0 Å². The monoisotopic (exact) mass is 466 g/mol. The molecule has 3 N–H and O–H groups in total. The van der Waals surface area contributed by atoms with Crippen LogP contribution in [0.25, 0.3) is 0 Å². The molecule has 25 heavy (non-hydrogen) atoms. The second-order valence-corrected chi connectivity index (χ2v) is 6.36. The van der Waals surface area contributed by atoms with E-state index in [1.165, 1.54) is 0 Å². The van der Waals surface area contributed by atoms with Gasteiger partial charge in [-0.3, -0.25) is 4.99 Å². The van der Waals surface area contributed by atoms with Crippen LogP contribution in [0, 0.1) is 19.3 Å². The van der Waals surface area contributed by atoms with Crippen LogP contribution in [0.3, 0.4) is 0 Å². The summed E-state index contributed by atoms with van der Waals surface area (Å²) < 4.78 is 5.20. The van der Waals surface area contributed by atoms with Gasteiger partial charge in [0.25, 0.3) is 0 Å². The van der Waals surface area contributed by atoms with Crippen LogP contribution >= 0.6 is 24.0 Å². The van der Waals surface area contributed by atoms with Crippen molar-refractivity contribution >= 4 is 29.9 Å². The summed E-state index contributed by atoms with van der Waals surface area (Å²) in [6.07, 6.45) is 3.69. The highest BCUT2D eigenvalue weighted by Gasteiger charge is 2.25. The van der Waals surface area contributed by atoms with E-state index in [0.29, 0.717) is 0 Å². The van der Waals surface area contributed by atoms with Crippen molar-refractivity contribution in [3.05, 3.63) is 17.0 Å². The molecule has 1 aromatic heterocycles. The minimum atomic E-state index is 0. The summed E-state index contributed by atoms with van der Waals surface area (Å²) in [5.74, 6) is 1.71. The van der Waals surface area contributed by atoms with Crippen LogP contribution in [0.1, 0.15) is 57.1 Å². The molecule has 1 rings (SSSR count). The number of nitrogens with one attached hydrogen (secondary N) is 2. The lowest BCUT2D eigenvalue weighted by molar-refractivity contribution is 0.175. The van der Waals surface area contributed by atoms with E-state index in [9.17, 15) is 5.11 Å². The van der Waals surface area contributed by atoms with E-state index in [1.807, 2.05) is 13.8 Å². The average Bonchev–Trinajstić information content (AvgIpc) is 2.90. The zero-order valence-corrected chi connectivity index (χ0v) is 18.6. The summed E-state index contributed by atoms with van der Waals surface area (Å²) in [5.41, 5.74) is 2.20. The second-order valence-electron chi connectivity index (χ2n) is 6.36. The number of guanidine groups is 1. The summed E-state index contributed by atoms with van der Waals surface area (Å²) in [7, 11) is 0. The number of hydrogen-bond acceptors (Lipinski definition) is 4. The van der Waals surface area contributed by atoms with Crippen LogP contribution in [0.15, 0.2) is 9.52 Å². The number of rotatable bonds is 10. The fourth-order valence-corrected chi connectivity index (χ4v) is 2.90. The van der Waals surface area contributed by atoms with Crippen LogP contribution in [0.2, 0.25) is 0 Å². The number of aryl methyl sites for hydroxylation is 2. The quantitative estimate of drug-likeness (QED) is 0.280. The van der Waals surface area contributed by atoms with E-state index >= 15 is 0 Å². The smallest absolute Gasteiger partial charge is 0.191 e. The molecule has 0 aliphatic heterocycles. The first-order valence-electron chi connectivity index (χ1n) is 9.06. The molecule has 1 heterocycles. The summed E-state index contributed by atoms with van der Waals surface area (Å²) in [6, 6.07) is 0. The SMILES string of the molecule is CCNC(=NCC(CC)(CC)CCO)NCCc1c(C)noc1C.I. The Morgan fingerprint density at radius 3 is 2.36 bits per heavy atom. The lowest BCUT2D eigenvalue weighted by atomic mass is 9.79. The highest BCUT2D eigenvalue weighted by Crippen LogP contribution is 2.30. The highest BCUT2D eigenvalue weighted by atomic mass is 127. The summed E-state index contributed by atoms with van der Waals surface area (Å²) >= 11 is 0. The lowest BCUT2D eigenvalue weighted by Gasteiger charge is -2.29. The van der Waals surface area contributed by atoms with Gasteiger partial charge in [0, 0.05) is 31.8 Å². The molecule has 0 atom stereocenters. The van der Waals surface area contributed by atoms with Crippen LogP contribution in [-0.2, 0) is 6.42 Å². The van der Waals surface area contributed by atoms with Crippen molar-refractivity contribution in [1.82, 2.24) is 15.8 Å². The Kier molecular flexibility index (Phi) is 12.1. The molecule has 0 saturated carbocycles. The van der Waals surface area contributed by atoms with Gasteiger partial charge in [0.15, 0.2) is 5.96 Å². The molecular formula is C18H35IN4O2. The molecule has 0 spiro atoms. The van der Waals surface area contributed by atoms with Gasteiger partial charge in [-0.05, 0) is 51.9 Å². The molecule has 0 amide bonds. The third-order valence-electron chi connectivity index (χ3n) is 4.91. The molecule has 0 fully saturated rings. The molecule has 0 aromatic carbocycles.